The molecule has 0 spiro atoms. The fourth-order valence-electron chi connectivity index (χ4n) is 6.19. The zero-order valence-corrected chi connectivity index (χ0v) is 22.5. The highest BCUT2D eigenvalue weighted by Crippen LogP contribution is 2.57. The van der Waals surface area contributed by atoms with Crippen molar-refractivity contribution in [3.63, 3.8) is 0 Å². The molecule has 0 aromatic heterocycles. The van der Waals surface area contributed by atoms with Gasteiger partial charge in [-0.15, -0.1) is 0 Å². The maximum Gasteiger partial charge on any atom is 0.0624 e. The number of benzene rings is 7. The van der Waals surface area contributed by atoms with Crippen LogP contribution in [0.2, 0.25) is 0 Å². The van der Waals surface area contributed by atoms with Gasteiger partial charge in [0.05, 0.1) is 5.69 Å². The second-order valence-corrected chi connectivity index (χ2v) is 10.6. The molecule has 1 heteroatoms. The smallest absolute Gasteiger partial charge is 0.0624 e. The molecule has 0 heterocycles. The molecule has 8 rings (SSSR count). The zero-order chi connectivity index (χ0) is 27.2. The number of rotatable bonds is 5. The first-order valence-corrected chi connectivity index (χ1v) is 14.1. The van der Waals surface area contributed by atoms with Gasteiger partial charge in [0.1, 0.15) is 0 Å². The summed E-state index contributed by atoms with van der Waals surface area (Å²) in [5.41, 5.74) is 13.7. The average Bonchev–Trinajstić information content (AvgIpc) is 3.05. The van der Waals surface area contributed by atoms with Crippen LogP contribution in [0.25, 0.3) is 55.3 Å². The quantitative estimate of drug-likeness (QED) is 0.218. The molecule has 7 aromatic rings. The van der Waals surface area contributed by atoms with Crippen LogP contribution in [0, 0.1) is 0 Å². The van der Waals surface area contributed by atoms with Crippen LogP contribution in [-0.4, -0.2) is 0 Å². The summed E-state index contributed by atoms with van der Waals surface area (Å²) in [4.78, 5) is 2.45. The molecule has 0 N–H and O–H groups in total. The van der Waals surface area contributed by atoms with Crippen LogP contribution in [0.15, 0.2) is 164 Å². The summed E-state index contributed by atoms with van der Waals surface area (Å²) in [5, 5.41) is 2.50. The highest BCUT2D eigenvalue weighted by molar-refractivity contribution is 6.18. The Bertz CT molecular complexity index is 1920. The lowest BCUT2D eigenvalue weighted by Gasteiger charge is -2.35. The largest absolute Gasteiger partial charge is 0.309 e. The van der Waals surface area contributed by atoms with E-state index < -0.39 is 0 Å². The highest BCUT2D eigenvalue weighted by atomic mass is 15.1. The maximum absolute atomic E-state index is 2.45. The number of nitrogens with zero attached hydrogens (tertiary/aromatic N) is 1. The van der Waals surface area contributed by atoms with E-state index in [9.17, 15) is 0 Å². The first kappa shape index (κ1) is 23.5. The molecule has 0 radical (unpaired) electrons. The summed E-state index contributed by atoms with van der Waals surface area (Å²) in [5.74, 6) is 0. The van der Waals surface area contributed by atoms with Gasteiger partial charge < -0.3 is 4.90 Å². The second kappa shape index (κ2) is 9.66. The SMILES string of the molecule is c1ccc(-c2ccc(N(c3ccc(-c4ccccc4)cc3)c3c4c(cc5ccccc35)-c3ccccc3-4)cc2)cc1. The van der Waals surface area contributed by atoms with Crippen molar-refractivity contribution in [1.82, 2.24) is 0 Å². The van der Waals surface area contributed by atoms with Gasteiger partial charge in [-0.25, -0.2) is 0 Å². The van der Waals surface area contributed by atoms with Crippen molar-refractivity contribution in [3.8, 4) is 44.5 Å². The molecule has 0 bridgehead atoms. The monoisotopic (exact) mass is 521 g/mol. The molecule has 1 aliphatic carbocycles. The minimum atomic E-state index is 1.14. The summed E-state index contributed by atoms with van der Waals surface area (Å²) in [6, 6.07) is 59.1. The molecule has 0 aliphatic heterocycles. The molecule has 0 saturated carbocycles. The van der Waals surface area contributed by atoms with E-state index in [0.29, 0.717) is 0 Å². The van der Waals surface area contributed by atoms with Crippen molar-refractivity contribution in [3.05, 3.63) is 164 Å². The molecular weight excluding hydrogens is 494 g/mol. The Morgan fingerprint density at radius 1 is 0.341 bits per heavy atom. The molecule has 0 saturated heterocycles. The third-order valence-corrected chi connectivity index (χ3v) is 8.20. The van der Waals surface area contributed by atoms with Crippen molar-refractivity contribution in [2.75, 3.05) is 4.90 Å². The molecule has 192 valence electrons. The summed E-state index contributed by atoms with van der Waals surface area (Å²) in [6.07, 6.45) is 0. The predicted octanol–water partition coefficient (Wildman–Crippen LogP) is 11.3. The van der Waals surface area contributed by atoms with Gasteiger partial charge in [0.25, 0.3) is 0 Å². The van der Waals surface area contributed by atoms with E-state index in [0.717, 1.165) is 11.4 Å². The number of anilines is 3. The molecule has 0 unspecified atom stereocenters. The van der Waals surface area contributed by atoms with Gasteiger partial charge in [0.15, 0.2) is 0 Å². The third kappa shape index (κ3) is 3.94. The predicted molar refractivity (Wildman–Crippen MR) is 174 cm³/mol. The fraction of sp³-hybridized carbons (Fsp3) is 0. The van der Waals surface area contributed by atoms with Crippen LogP contribution in [0.4, 0.5) is 17.1 Å². The van der Waals surface area contributed by atoms with Gasteiger partial charge in [0.2, 0.25) is 0 Å². The maximum atomic E-state index is 2.45. The normalized spacial score (nSPS) is 11.4. The Labute approximate surface area is 240 Å². The van der Waals surface area contributed by atoms with E-state index >= 15 is 0 Å². The summed E-state index contributed by atoms with van der Waals surface area (Å²) >= 11 is 0. The molecule has 0 atom stereocenters. The highest BCUT2D eigenvalue weighted by Gasteiger charge is 2.30. The van der Waals surface area contributed by atoms with Gasteiger partial charge in [-0.1, -0.05) is 133 Å². The zero-order valence-electron chi connectivity index (χ0n) is 22.5. The average molecular weight is 522 g/mol. The minimum absolute atomic E-state index is 1.14. The first-order valence-electron chi connectivity index (χ1n) is 14.1. The molecule has 7 aromatic carbocycles. The Kier molecular flexibility index (Phi) is 5.53. The van der Waals surface area contributed by atoms with E-state index in [1.165, 1.54) is 61.0 Å². The van der Waals surface area contributed by atoms with Crippen LogP contribution in [0.1, 0.15) is 0 Å². The van der Waals surface area contributed by atoms with E-state index in [1.54, 1.807) is 0 Å². The van der Waals surface area contributed by atoms with Gasteiger partial charge in [-0.05, 0) is 74.7 Å². The second-order valence-electron chi connectivity index (χ2n) is 10.6. The Balaban J connectivity index is 1.34. The Hall–Kier alpha value is -5.40. The Morgan fingerprint density at radius 2 is 0.805 bits per heavy atom. The van der Waals surface area contributed by atoms with Crippen molar-refractivity contribution in [1.29, 1.82) is 0 Å². The summed E-state index contributed by atoms with van der Waals surface area (Å²) < 4.78 is 0. The van der Waals surface area contributed by atoms with Crippen molar-refractivity contribution < 1.29 is 0 Å². The van der Waals surface area contributed by atoms with Crippen LogP contribution < -0.4 is 4.90 Å². The van der Waals surface area contributed by atoms with Crippen LogP contribution in [0.5, 0.6) is 0 Å². The number of hydrogen-bond acceptors (Lipinski definition) is 1. The van der Waals surface area contributed by atoms with Gasteiger partial charge in [-0.2, -0.15) is 0 Å². The lowest BCUT2D eigenvalue weighted by Crippen LogP contribution is -2.14. The van der Waals surface area contributed by atoms with Crippen molar-refractivity contribution in [2.45, 2.75) is 0 Å². The van der Waals surface area contributed by atoms with Crippen molar-refractivity contribution in [2.24, 2.45) is 0 Å². The molecule has 0 fully saturated rings. The third-order valence-electron chi connectivity index (χ3n) is 8.20. The van der Waals surface area contributed by atoms with Crippen LogP contribution in [-0.2, 0) is 0 Å². The standard InChI is InChI=1S/C40H27N/c1-3-11-28(12-4-1)30-19-23-33(24-20-30)41(34-25-21-31(22-26-34)29-13-5-2-6-14-29)40-35-16-8-7-15-32(35)27-38-36-17-9-10-18-37(36)39(38)40/h1-27H. The van der Waals surface area contributed by atoms with E-state index in [4.69, 9.17) is 0 Å². The molecular formula is C40H27N. The van der Waals surface area contributed by atoms with Crippen LogP contribution in [0.3, 0.4) is 0 Å². The lowest BCUT2D eigenvalue weighted by atomic mass is 9.77. The van der Waals surface area contributed by atoms with Crippen molar-refractivity contribution >= 4 is 27.8 Å². The lowest BCUT2D eigenvalue weighted by molar-refractivity contribution is 1.29. The van der Waals surface area contributed by atoms with E-state index in [1.807, 2.05) is 0 Å². The molecule has 1 aliphatic rings. The molecule has 1 nitrogen and oxygen atoms in total. The summed E-state index contributed by atoms with van der Waals surface area (Å²) in [6.45, 7) is 0. The van der Waals surface area contributed by atoms with Crippen LogP contribution >= 0.6 is 0 Å². The fourth-order valence-corrected chi connectivity index (χ4v) is 6.19. The molecule has 0 amide bonds. The minimum Gasteiger partial charge on any atom is -0.309 e. The van der Waals surface area contributed by atoms with Gasteiger partial charge >= 0.3 is 0 Å². The first-order chi connectivity index (χ1) is 20.3. The van der Waals surface area contributed by atoms with E-state index in [-0.39, 0.29) is 0 Å². The topological polar surface area (TPSA) is 3.24 Å². The van der Waals surface area contributed by atoms with Gasteiger partial charge in [-0.3, -0.25) is 0 Å². The number of fused-ring (bicyclic) bond motifs is 5. The van der Waals surface area contributed by atoms with E-state index in [2.05, 4.69) is 169 Å². The summed E-state index contributed by atoms with van der Waals surface area (Å²) in [7, 11) is 0. The molecule has 41 heavy (non-hydrogen) atoms. The van der Waals surface area contributed by atoms with Gasteiger partial charge in [0, 0.05) is 22.3 Å². The Morgan fingerprint density at radius 3 is 1.39 bits per heavy atom. The number of hydrogen-bond donors (Lipinski definition) is 0.